The Balaban J connectivity index is 1.72. The number of fused-ring (bicyclic) bond motifs is 1. The van der Waals surface area contributed by atoms with Crippen LogP contribution in [-0.4, -0.2) is 33.6 Å². The molecule has 3 aliphatic rings. The third-order valence-electron chi connectivity index (χ3n) is 8.68. The standard InChI is InChI=1S/C27H44O3/c1-17(2)25(29)13-8-18(3)23-11-12-24-20(7-6-14-27(23,24)5)9-10-21-15-22(28)16-26(30)19(21)4/h9-10,17-18,22-26,28-30H,4,6-8,11-16H2,1-3,5H3/b20-9+,21-10-/t18-,22-,23-,24?,25?,26?,27-/m1/s1. The van der Waals surface area contributed by atoms with Crippen molar-refractivity contribution < 1.29 is 15.3 Å². The molecule has 0 aromatic carbocycles. The minimum atomic E-state index is -0.618. The van der Waals surface area contributed by atoms with Crippen LogP contribution in [0, 0.1) is 29.1 Å². The highest BCUT2D eigenvalue weighted by atomic mass is 16.3. The molecule has 3 unspecified atom stereocenters. The number of allylic oxidation sites excluding steroid dienone is 3. The number of hydrogen-bond donors (Lipinski definition) is 3. The largest absolute Gasteiger partial charge is 0.393 e. The van der Waals surface area contributed by atoms with E-state index in [1.807, 2.05) is 0 Å². The van der Waals surface area contributed by atoms with Gasteiger partial charge in [0.15, 0.2) is 0 Å². The molecule has 0 radical (unpaired) electrons. The molecule has 3 heteroatoms. The Morgan fingerprint density at radius 2 is 1.87 bits per heavy atom. The van der Waals surface area contributed by atoms with Crippen molar-refractivity contribution in [3.8, 4) is 0 Å². The van der Waals surface area contributed by atoms with Gasteiger partial charge in [-0.25, -0.2) is 0 Å². The van der Waals surface area contributed by atoms with Crippen LogP contribution < -0.4 is 0 Å². The topological polar surface area (TPSA) is 60.7 Å². The molecule has 3 aliphatic carbocycles. The van der Waals surface area contributed by atoms with E-state index in [2.05, 4.69) is 46.4 Å². The second-order valence-electron chi connectivity index (χ2n) is 11.0. The highest BCUT2D eigenvalue weighted by Gasteiger charge is 2.50. The molecule has 0 aromatic rings. The van der Waals surface area contributed by atoms with E-state index in [0.29, 0.717) is 36.0 Å². The molecule has 0 aliphatic heterocycles. The fraction of sp³-hybridized carbons (Fsp3) is 0.778. The van der Waals surface area contributed by atoms with E-state index in [9.17, 15) is 15.3 Å². The van der Waals surface area contributed by atoms with Gasteiger partial charge in [0.25, 0.3) is 0 Å². The van der Waals surface area contributed by atoms with Gasteiger partial charge in [-0.1, -0.05) is 52.0 Å². The van der Waals surface area contributed by atoms with E-state index in [1.54, 1.807) is 5.57 Å². The average Bonchev–Trinajstić information content (AvgIpc) is 3.04. The molecule has 3 nitrogen and oxygen atoms in total. The van der Waals surface area contributed by atoms with Crippen molar-refractivity contribution in [1.29, 1.82) is 0 Å². The predicted molar refractivity (Wildman–Crippen MR) is 124 cm³/mol. The van der Waals surface area contributed by atoms with Gasteiger partial charge >= 0.3 is 0 Å². The van der Waals surface area contributed by atoms with Gasteiger partial charge in [-0.05, 0) is 91.6 Å². The summed E-state index contributed by atoms with van der Waals surface area (Å²) in [5.74, 6) is 2.35. The number of rotatable bonds is 6. The lowest BCUT2D eigenvalue weighted by molar-refractivity contribution is 0.0717. The fourth-order valence-corrected chi connectivity index (χ4v) is 6.65. The third kappa shape index (κ3) is 4.95. The van der Waals surface area contributed by atoms with E-state index in [0.717, 1.165) is 36.3 Å². The lowest BCUT2D eigenvalue weighted by atomic mass is 9.60. The van der Waals surface area contributed by atoms with Crippen LogP contribution in [0.2, 0.25) is 0 Å². The van der Waals surface area contributed by atoms with Crippen LogP contribution in [0.3, 0.4) is 0 Å². The highest BCUT2D eigenvalue weighted by Crippen LogP contribution is 2.60. The van der Waals surface area contributed by atoms with Crippen molar-refractivity contribution in [1.82, 2.24) is 0 Å². The molecular weight excluding hydrogens is 372 g/mol. The van der Waals surface area contributed by atoms with E-state index in [1.165, 1.54) is 25.7 Å². The van der Waals surface area contributed by atoms with Gasteiger partial charge in [0.1, 0.15) is 0 Å². The van der Waals surface area contributed by atoms with Crippen LogP contribution in [-0.2, 0) is 0 Å². The summed E-state index contributed by atoms with van der Waals surface area (Å²) in [6, 6.07) is 0. The van der Waals surface area contributed by atoms with Crippen LogP contribution in [0.25, 0.3) is 0 Å². The zero-order valence-corrected chi connectivity index (χ0v) is 19.6. The van der Waals surface area contributed by atoms with E-state index in [4.69, 9.17) is 0 Å². The van der Waals surface area contributed by atoms with Gasteiger partial charge in [0, 0.05) is 6.42 Å². The fourth-order valence-electron chi connectivity index (χ4n) is 6.65. The van der Waals surface area contributed by atoms with Gasteiger partial charge < -0.3 is 15.3 Å². The molecule has 3 saturated carbocycles. The van der Waals surface area contributed by atoms with Crippen molar-refractivity contribution in [2.45, 2.75) is 104 Å². The monoisotopic (exact) mass is 416 g/mol. The van der Waals surface area contributed by atoms with E-state index < -0.39 is 12.2 Å². The Morgan fingerprint density at radius 1 is 1.13 bits per heavy atom. The first kappa shape index (κ1) is 23.8. The number of aliphatic hydroxyl groups excluding tert-OH is 3. The Bertz CT molecular complexity index is 676. The maximum atomic E-state index is 10.3. The molecule has 30 heavy (non-hydrogen) atoms. The average molecular weight is 417 g/mol. The third-order valence-corrected chi connectivity index (χ3v) is 8.68. The molecule has 0 aromatic heterocycles. The molecule has 3 N–H and O–H groups in total. The zero-order chi connectivity index (χ0) is 22.1. The van der Waals surface area contributed by atoms with Crippen LogP contribution in [0.15, 0.2) is 35.5 Å². The van der Waals surface area contributed by atoms with Gasteiger partial charge in [0.2, 0.25) is 0 Å². The van der Waals surface area contributed by atoms with Crippen molar-refractivity contribution in [3.63, 3.8) is 0 Å². The lowest BCUT2D eigenvalue weighted by Crippen LogP contribution is -2.36. The Labute approximate surface area is 184 Å². The summed E-state index contributed by atoms with van der Waals surface area (Å²) in [6.45, 7) is 13.2. The highest BCUT2D eigenvalue weighted by molar-refractivity contribution is 5.38. The van der Waals surface area contributed by atoms with E-state index >= 15 is 0 Å². The molecule has 0 saturated heterocycles. The second kappa shape index (κ2) is 9.71. The number of hydrogen-bond acceptors (Lipinski definition) is 3. The molecular formula is C27H44O3. The number of aliphatic hydroxyl groups is 3. The SMILES string of the molecule is C=C1/C(=C\C=C2/CCC[C@@]3(C)C2CC[C@@H]3[C@H](C)CCC(O)C(C)C)C[C@@H](O)CC1O. The molecule has 0 spiro atoms. The van der Waals surface area contributed by atoms with Crippen molar-refractivity contribution in [2.75, 3.05) is 0 Å². The minimum absolute atomic E-state index is 0.180. The van der Waals surface area contributed by atoms with Crippen LogP contribution in [0.4, 0.5) is 0 Å². The van der Waals surface area contributed by atoms with Crippen molar-refractivity contribution >= 4 is 0 Å². The van der Waals surface area contributed by atoms with Gasteiger partial charge in [-0.3, -0.25) is 0 Å². The Kier molecular flexibility index (Phi) is 7.69. The Morgan fingerprint density at radius 3 is 2.57 bits per heavy atom. The molecule has 0 heterocycles. The normalized spacial score (nSPS) is 39.5. The molecule has 0 amide bonds. The molecule has 0 bridgehead atoms. The smallest absolute Gasteiger partial charge is 0.0811 e. The van der Waals surface area contributed by atoms with Crippen molar-refractivity contribution in [3.05, 3.63) is 35.5 Å². The van der Waals surface area contributed by atoms with Crippen LogP contribution >= 0.6 is 0 Å². The summed E-state index contributed by atoms with van der Waals surface area (Å²) >= 11 is 0. The molecule has 7 atom stereocenters. The quantitative estimate of drug-likeness (QED) is 0.531. The first-order chi connectivity index (χ1) is 14.1. The molecule has 170 valence electrons. The summed E-state index contributed by atoms with van der Waals surface area (Å²) in [5.41, 5.74) is 3.69. The maximum Gasteiger partial charge on any atom is 0.0811 e. The summed E-state index contributed by atoms with van der Waals surface area (Å²) in [6.07, 6.45) is 12.4. The Hall–Kier alpha value is -0.900. The van der Waals surface area contributed by atoms with Gasteiger partial charge in [0.05, 0.1) is 18.3 Å². The summed E-state index contributed by atoms with van der Waals surface area (Å²) in [4.78, 5) is 0. The minimum Gasteiger partial charge on any atom is -0.393 e. The molecule has 3 rings (SSSR count). The summed E-state index contributed by atoms with van der Waals surface area (Å²) in [7, 11) is 0. The first-order valence-electron chi connectivity index (χ1n) is 12.3. The second-order valence-corrected chi connectivity index (χ2v) is 11.0. The van der Waals surface area contributed by atoms with Crippen LogP contribution in [0.1, 0.15) is 85.5 Å². The molecule has 3 fully saturated rings. The lowest BCUT2D eigenvalue weighted by Gasteiger charge is -2.44. The summed E-state index contributed by atoms with van der Waals surface area (Å²) in [5, 5.41) is 30.4. The predicted octanol–water partition coefficient (Wildman–Crippen LogP) is 5.56. The maximum absolute atomic E-state index is 10.3. The summed E-state index contributed by atoms with van der Waals surface area (Å²) < 4.78 is 0. The van der Waals surface area contributed by atoms with E-state index in [-0.39, 0.29) is 6.10 Å². The van der Waals surface area contributed by atoms with Crippen LogP contribution in [0.5, 0.6) is 0 Å². The first-order valence-corrected chi connectivity index (χ1v) is 12.3. The zero-order valence-electron chi connectivity index (χ0n) is 19.6. The van der Waals surface area contributed by atoms with Crippen molar-refractivity contribution in [2.24, 2.45) is 29.1 Å². The van der Waals surface area contributed by atoms with Gasteiger partial charge in [-0.15, -0.1) is 0 Å². The van der Waals surface area contributed by atoms with Gasteiger partial charge in [-0.2, -0.15) is 0 Å².